The highest BCUT2D eigenvalue weighted by atomic mass is 32.2. The summed E-state index contributed by atoms with van der Waals surface area (Å²) in [5.41, 5.74) is 1.74. The summed E-state index contributed by atoms with van der Waals surface area (Å²) < 4.78 is 0. The van der Waals surface area contributed by atoms with Gasteiger partial charge >= 0.3 is 0 Å². The van der Waals surface area contributed by atoms with Crippen molar-refractivity contribution < 1.29 is 9.59 Å². The van der Waals surface area contributed by atoms with Gasteiger partial charge in [0, 0.05) is 28.4 Å². The molecule has 3 heterocycles. The number of thioether (sulfide) groups is 1. The second-order valence-corrected chi connectivity index (χ2v) is 10.1. The van der Waals surface area contributed by atoms with Crippen LogP contribution in [0.4, 0.5) is 0 Å². The monoisotopic (exact) mass is 373 g/mol. The van der Waals surface area contributed by atoms with Gasteiger partial charge in [-0.2, -0.15) is 0 Å². The molecule has 26 heavy (non-hydrogen) atoms. The van der Waals surface area contributed by atoms with E-state index >= 15 is 0 Å². The lowest BCUT2D eigenvalue weighted by Crippen LogP contribution is -2.63. The number of fused-ring (bicyclic) bond motifs is 3. The number of hydrogen-bond donors (Lipinski definition) is 2. The van der Waals surface area contributed by atoms with E-state index in [1.807, 2.05) is 24.3 Å². The van der Waals surface area contributed by atoms with E-state index in [0.717, 1.165) is 24.0 Å². The zero-order valence-corrected chi connectivity index (χ0v) is 16.7. The highest BCUT2D eigenvalue weighted by Crippen LogP contribution is 2.48. The first-order valence-corrected chi connectivity index (χ1v) is 10.3. The van der Waals surface area contributed by atoms with Crippen LogP contribution in [0.15, 0.2) is 24.3 Å². The lowest BCUT2D eigenvalue weighted by molar-refractivity contribution is -0.126. The third-order valence-corrected chi connectivity index (χ3v) is 6.84. The predicted molar refractivity (Wildman–Crippen MR) is 104 cm³/mol. The topological polar surface area (TPSA) is 61.4 Å². The predicted octanol–water partition coefficient (Wildman–Crippen LogP) is 2.68. The van der Waals surface area contributed by atoms with Gasteiger partial charge in [-0.25, -0.2) is 0 Å². The molecule has 2 atom stereocenters. The van der Waals surface area contributed by atoms with Crippen LogP contribution >= 0.6 is 11.8 Å². The lowest BCUT2D eigenvalue weighted by Gasteiger charge is -2.46. The molecule has 6 heteroatoms. The largest absolute Gasteiger partial charge is 0.351 e. The molecule has 140 valence electrons. The van der Waals surface area contributed by atoms with Crippen molar-refractivity contribution in [2.24, 2.45) is 0 Å². The Bertz CT molecular complexity index is 745. The van der Waals surface area contributed by atoms with Gasteiger partial charge < -0.3 is 15.5 Å². The van der Waals surface area contributed by atoms with Crippen molar-refractivity contribution in [3.05, 3.63) is 35.4 Å². The zero-order valence-electron chi connectivity index (χ0n) is 15.8. The number of carbonyl (C=O) groups excluding carboxylic acids is 2. The number of carbonyl (C=O) groups is 2. The standard InChI is InChI=1S/C20H27N3O2S/c1-19(2)9-12(10-20(3,4)22-19)21-16(24)15-11-26-18-14-8-6-5-7-13(14)17(25)23(15)18/h5-8,12,15,18,22H,9-11H2,1-4H3,(H,21,24)/t15-,18+/m0/s1. The number of hydrogen-bond acceptors (Lipinski definition) is 4. The highest BCUT2D eigenvalue weighted by molar-refractivity contribution is 7.99. The van der Waals surface area contributed by atoms with Crippen LogP contribution in [-0.2, 0) is 4.79 Å². The SMILES string of the molecule is CC1(C)CC(NC(=O)[C@@H]2CS[C@@H]3c4ccccc4C(=O)N32)CC(C)(C)N1. The molecule has 3 aliphatic rings. The van der Waals surface area contributed by atoms with Crippen LogP contribution in [0, 0.1) is 0 Å². The second kappa shape index (κ2) is 5.99. The van der Waals surface area contributed by atoms with Gasteiger partial charge in [0.05, 0.1) is 0 Å². The van der Waals surface area contributed by atoms with Crippen LogP contribution in [0.2, 0.25) is 0 Å². The Hall–Kier alpha value is -1.53. The molecular formula is C20H27N3O2S. The van der Waals surface area contributed by atoms with Crippen molar-refractivity contribution in [2.75, 3.05) is 5.75 Å². The molecular weight excluding hydrogens is 346 g/mol. The van der Waals surface area contributed by atoms with E-state index in [2.05, 4.69) is 38.3 Å². The number of benzene rings is 1. The van der Waals surface area contributed by atoms with Gasteiger partial charge in [-0.3, -0.25) is 9.59 Å². The third kappa shape index (κ3) is 3.03. The average Bonchev–Trinajstić information content (AvgIpc) is 3.05. The van der Waals surface area contributed by atoms with E-state index in [9.17, 15) is 9.59 Å². The summed E-state index contributed by atoms with van der Waals surface area (Å²) in [5.74, 6) is 0.635. The molecule has 1 aromatic rings. The molecule has 0 aromatic heterocycles. The fourth-order valence-corrected chi connectivity index (χ4v) is 6.43. The molecule has 0 saturated carbocycles. The molecule has 0 unspecified atom stereocenters. The van der Waals surface area contributed by atoms with Crippen molar-refractivity contribution in [1.29, 1.82) is 0 Å². The van der Waals surface area contributed by atoms with Gasteiger partial charge in [-0.05, 0) is 52.2 Å². The second-order valence-electron chi connectivity index (χ2n) is 9.01. The molecule has 0 bridgehead atoms. The minimum atomic E-state index is -0.383. The van der Waals surface area contributed by atoms with Crippen molar-refractivity contribution in [1.82, 2.24) is 15.5 Å². The summed E-state index contributed by atoms with van der Waals surface area (Å²) in [5, 5.41) is 6.87. The number of piperidine rings is 1. The summed E-state index contributed by atoms with van der Waals surface area (Å²) in [6.45, 7) is 8.70. The van der Waals surface area contributed by atoms with E-state index in [4.69, 9.17) is 0 Å². The first kappa shape index (κ1) is 17.9. The molecule has 2 amide bonds. The van der Waals surface area contributed by atoms with Crippen LogP contribution in [0.25, 0.3) is 0 Å². The molecule has 3 aliphatic heterocycles. The van der Waals surface area contributed by atoms with Gasteiger partial charge in [-0.15, -0.1) is 11.8 Å². The summed E-state index contributed by atoms with van der Waals surface area (Å²) in [7, 11) is 0. The van der Waals surface area contributed by atoms with Crippen LogP contribution < -0.4 is 10.6 Å². The Morgan fingerprint density at radius 2 is 1.85 bits per heavy atom. The number of rotatable bonds is 2. The molecule has 1 aromatic carbocycles. The summed E-state index contributed by atoms with van der Waals surface area (Å²) >= 11 is 1.69. The van der Waals surface area contributed by atoms with E-state index < -0.39 is 0 Å². The maximum atomic E-state index is 13.0. The maximum Gasteiger partial charge on any atom is 0.256 e. The highest BCUT2D eigenvalue weighted by Gasteiger charge is 2.49. The van der Waals surface area contributed by atoms with Gasteiger partial charge in [0.2, 0.25) is 5.91 Å². The summed E-state index contributed by atoms with van der Waals surface area (Å²) in [6.07, 6.45) is 1.78. The Morgan fingerprint density at radius 1 is 1.19 bits per heavy atom. The fourth-order valence-electron chi connectivity index (χ4n) is 4.96. The van der Waals surface area contributed by atoms with Gasteiger partial charge in [0.25, 0.3) is 5.91 Å². The van der Waals surface area contributed by atoms with Crippen LogP contribution in [0.1, 0.15) is 61.8 Å². The third-order valence-electron chi connectivity index (χ3n) is 5.53. The molecule has 0 spiro atoms. The number of nitrogens with zero attached hydrogens (tertiary/aromatic N) is 1. The van der Waals surface area contributed by atoms with Crippen LogP contribution in [-0.4, -0.2) is 45.6 Å². The Balaban J connectivity index is 1.49. The smallest absolute Gasteiger partial charge is 0.256 e. The first-order chi connectivity index (χ1) is 12.2. The van der Waals surface area contributed by atoms with Gasteiger partial charge in [0.1, 0.15) is 11.4 Å². The van der Waals surface area contributed by atoms with E-state index in [-0.39, 0.29) is 40.3 Å². The van der Waals surface area contributed by atoms with Gasteiger partial charge in [-0.1, -0.05) is 18.2 Å². The number of nitrogens with one attached hydrogen (secondary N) is 2. The first-order valence-electron chi connectivity index (χ1n) is 9.30. The molecule has 0 aliphatic carbocycles. The quantitative estimate of drug-likeness (QED) is 0.837. The van der Waals surface area contributed by atoms with E-state index in [1.54, 1.807) is 16.7 Å². The number of amides is 2. The molecule has 2 fully saturated rings. The molecule has 2 saturated heterocycles. The minimum absolute atomic E-state index is 0.0123. The maximum absolute atomic E-state index is 13.0. The van der Waals surface area contributed by atoms with Crippen molar-refractivity contribution in [2.45, 2.75) is 69.1 Å². The molecule has 2 N–H and O–H groups in total. The van der Waals surface area contributed by atoms with Crippen molar-refractivity contribution in [3.8, 4) is 0 Å². The van der Waals surface area contributed by atoms with Crippen LogP contribution in [0.5, 0.6) is 0 Å². The average molecular weight is 374 g/mol. The Morgan fingerprint density at radius 3 is 2.54 bits per heavy atom. The molecule has 0 radical (unpaired) electrons. The summed E-state index contributed by atoms with van der Waals surface area (Å²) in [4.78, 5) is 27.6. The van der Waals surface area contributed by atoms with E-state index in [0.29, 0.717) is 5.75 Å². The fraction of sp³-hybridized carbons (Fsp3) is 0.600. The van der Waals surface area contributed by atoms with Crippen molar-refractivity contribution >= 4 is 23.6 Å². The Labute approximate surface area is 159 Å². The molecule has 5 nitrogen and oxygen atoms in total. The normalized spacial score (nSPS) is 29.4. The zero-order chi connectivity index (χ0) is 18.7. The Kier molecular flexibility index (Phi) is 4.12. The van der Waals surface area contributed by atoms with Crippen molar-refractivity contribution in [3.63, 3.8) is 0 Å². The van der Waals surface area contributed by atoms with Crippen LogP contribution in [0.3, 0.4) is 0 Å². The summed E-state index contributed by atoms with van der Waals surface area (Å²) in [6, 6.07) is 7.45. The molecule has 4 rings (SSSR count). The minimum Gasteiger partial charge on any atom is -0.351 e. The lowest BCUT2D eigenvalue weighted by atomic mass is 9.79. The van der Waals surface area contributed by atoms with E-state index in [1.165, 1.54) is 0 Å². The van der Waals surface area contributed by atoms with Gasteiger partial charge in [0.15, 0.2) is 0 Å².